The Kier molecular flexibility index (Phi) is 3.31. The number of para-hydroxylation sites is 1. The molecule has 0 aliphatic rings. The highest BCUT2D eigenvalue weighted by atomic mass is 28.4. The number of aryl methyl sites for hydroxylation is 1. The van der Waals surface area contributed by atoms with E-state index in [1.165, 1.54) is 0 Å². The molecule has 0 saturated heterocycles. The first-order valence-electron chi connectivity index (χ1n) is 5.61. The summed E-state index contributed by atoms with van der Waals surface area (Å²) in [7, 11) is -2.85. The Labute approximate surface area is 103 Å². The molecule has 17 heavy (non-hydrogen) atoms. The molecule has 0 radical (unpaired) electrons. The van der Waals surface area contributed by atoms with E-state index in [0.29, 0.717) is 5.75 Å². The van der Waals surface area contributed by atoms with Crippen molar-refractivity contribution < 1.29 is 9.22 Å². The van der Waals surface area contributed by atoms with Crippen LogP contribution in [-0.2, 0) is 0 Å². The van der Waals surface area contributed by atoms with Crippen molar-refractivity contribution in [3.05, 3.63) is 60.2 Å². The van der Waals surface area contributed by atoms with Crippen LogP contribution in [0.2, 0.25) is 6.55 Å². The molecule has 1 unspecified atom stereocenters. The fourth-order valence-electron chi connectivity index (χ4n) is 1.71. The molecule has 0 aliphatic carbocycles. The molecule has 0 spiro atoms. The summed E-state index contributed by atoms with van der Waals surface area (Å²) in [6.07, 6.45) is 0. The van der Waals surface area contributed by atoms with Gasteiger partial charge in [0.1, 0.15) is 5.75 Å². The molecule has 88 valence electrons. The van der Waals surface area contributed by atoms with Crippen LogP contribution in [0.25, 0.3) is 0 Å². The fourth-order valence-corrected chi connectivity index (χ4v) is 3.32. The highest BCUT2D eigenvalue weighted by Gasteiger charge is 2.31. The van der Waals surface area contributed by atoms with E-state index in [-0.39, 0.29) is 0 Å². The van der Waals surface area contributed by atoms with E-state index in [0.717, 1.165) is 10.8 Å². The van der Waals surface area contributed by atoms with Crippen molar-refractivity contribution in [2.75, 3.05) is 0 Å². The summed E-state index contributed by atoms with van der Waals surface area (Å²) in [5.74, 6) is 0.714. The average Bonchev–Trinajstić information content (AvgIpc) is 2.30. The number of hydrogen-bond donors (Lipinski definition) is 1. The van der Waals surface area contributed by atoms with Crippen LogP contribution in [0.15, 0.2) is 54.6 Å². The fraction of sp³-hybridized carbons (Fsp3) is 0.143. The maximum Gasteiger partial charge on any atom is 0.427 e. The second-order valence-electron chi connectivity index (χ2n) is 4.27. The van der Waals surface area contributed by atoms with Crippen LogP contribution in [0, 0.1) is 6.92 Å². The summed E-state index contributed by atoms with van der Waals surface area (Å²) >= 11 is 0. The predicted octanol–water partition coefficient (Wildman–Crippen LogP) is 2.35. The van der Waals surface area contributed by atoms with Gasteiger partial charge in [0.15, 0.2) is 0 Å². The highest BCUT2D eigenvalue weighted by molar-refractivity contribution is 6.79. The molecular weight excluding hydrogens is 228 g/mol. The van der Waals surface area contributed by atoms with Crippen LogP contribution >= 0.6 is 0 Å². The lowest BCUT2D eigenvalue weighted by molar-refractivity contribution is 0.400. The summed E-state index contributed by atoms with van der Waals surface area (Å²) in [4.78, 5) is 10.5. The van der Waals surface area contributed by atoms with Gasteiger partial charge in [-0.25, -0.2) is 0 Å². The number of rotatable bonds is 3. The van der Waals surface area contributed by atoms with Gasteiger partial charge in [0.2, 0.25) is 0 Å². The molecule has 0 bridgehead atoms. The smallest absolute Gasteiger partial charge is 0.427 e. The van der Waals surface area contributed by atoms with Gasteiger partial charge >= 0.3 is 8.56 Å². The molecular formula is C14H16O2Si. The van der Waals surface area contributed by atoms with Gasteiger partial charge in [-0.3, -0.25) is 0 Å². The molecule has 2 aromatic rings. The van der Waals surface area contributed by atoms with Gasteiger partial charge in [0.05, 0.1) is 0 Å². The normalized spacial score (nSPS) is 14.1. The molecule has 1 atom stereocenters. The molecule has 2 rings (SSSR count). The molecule has 0 heterocycles. The standard InChI is InChI=1S/C14H16O2Si/c1-12-7-6-10-14(11-12)17(2,15)16-13-8-4-3-5-9-13/h3-11,15H,1-2H3. The van der Waals surface area contributed by atoms with E-state index >= 15 is 0 Å². The highest BCUT2D eigenvalue weighted by Crippen LogP contribution is 2.14. The first-order valence-corrected chi connectivity index (χ1v) is 7.97. The van der Waals surface area contributed by atoms with E-state index in [9.17, 15) is 4.80 Å². The molecule has 1 N–H and O–H groups in total. The summed E-state index contributed by atoms with van der Waals surface area (Å²) in [5.41, 5.74) is 1.13. The van der Waals surface area contributed by atoms with Crippen molar-refractivity contribution >= 4 is 13.7 Å². The Morgan fingerprint density at radius 3 is 2.35 bits per heavy atom. The lowest BCUT2D eigenvalue weighted by Gasteiger charge is -2.22. The maximum atomic E-state index is 10.5. The van der Waals surface area contributed by atoms with Gasteiger partial charge in [-0.2, -0.15) is 0 Å². The van der Waals surface area contributed by atoms with Crippen LogP contribution in [0.3, 0.4) is 0 Å². The predicted molar refractivity (Wildman–Crippen MR) is 71.7 cm³/mol. The van der Waals surface area contributed by atoms with Crippen LogP contribution in [0.4, 0.5) is 0 Å². The minimum atomic E-state index is -2.85. The molecule has 0 aromatic heterocycles. The molecule has 2 nitrogen and oxygen atoms in total. The van der Waals surface area contributed by atoms with E-state index in [2.05, 4.69) is 0 Å². The van der Waals surface area contributed by atoms with E-state index in [1.807, 2.05) is 61.5 Å². The van der Waals surface area contributed by atoms with Gasteiger partial charge in [-0.05, 0) is 25.6 Å². The lowest BCUT2D eigenvalue weighted by atomic mass is 10.2. The van der Waals surface area contributed by atoms with Crippen molar-refractivity contribution in [1.29, 1.82) is 0 Å². The third kappa shape index (κ3) is 2.96. The van der Waals surface area contributed by atoms with Crippen molar-refractivity contribution in [3.8, 4) is 5.75 Å². The van der Waals surface area contributed by atoms with Gasteiger partial charge in [0.25, 0.3) is 0 Å². The van der Waals surface area contributed by atoms with Crippen molar-refractivity contribution in [2.24, 2.45) is 0 Å². The third-order valence-corrected chi connectivity index (χ3v) is 4.63. The number of benzene rings is 2. The zero-order valence-electron chi connectivity index (χ0n) is 10.1. The van der Waals surface area contributed by atoms with Crippen LogP contribution < -0.4 is 9.61 Å². The maximum absolute atomic E-state index is 10.5. The van der Waals surface area contributed by atoms with Crippen molar-refractivity contribution in [1.82, 2.24) is 0 Å². The average molecular weight is 244 g/mol. The Morgan fingerprint density at radius 2 is 1.71 bits per heavy atom. The summed E-state index contributed by atoms with van der Waals surface area (Å²) in [5, 5.41) is 0.890. The Morgan fingerprint density at radius 1 is 1.00 bits per heavy atom. The second-order valence-corrected chi connectivity index (χ2v) is 7.01. The first-order chi connectivity index (χ1) is 8.08. The minimum Gasteiger partial charge on any atom is -0.517 e. The molecule has 0 aliphatic heterocycles. The first kappa shape index (κ1) is 11.9. The molecule has 2 aromatic carbocycles. The van der Waals surface area contributed by atoms with Crippen LogP contribution in [0.5, 0.6) is 5.75 Å². The Hall–Kier alpha value is -1.58. The van der Waals surface area contributed by atoms with Gasteiger partial charge in [-0.1, -0.05) is 48.0 Å². The lowest BCUT2D eigenvalue weighted by Crippen LogP contribution is -2.51. The zero-order chi connectivity index (χ0) is 12.3. The third-order valence-electron chi connectivity index (χ3n) is 2.61. The largest absolute Gasteiger partial charge is 0.517 e. The second kappa shape index (κ2) is 4.73. The van der Waals surface area contributed by atoms with Gasteiger partial charge < -0.3 is 9.22 Å². The van der Waals surface area contributed by atoms with Gasteiger partial charge in [0, 0.05) is 5.19 Å². The summed E-state index contributed by atoms with van der Waals surface area (Å²) < 4.78 is 5.74. The minimum absolute atomic E-state index is 0.714. The quantitative estimate of drug-likeness (QED) is 0.840. The SMILES string of the molecule is Cc1cccc([Si](C)(O)Oc2ccccc2)c1. The van der Waals surface area contributed by atoms with Gasteiger partial charge in [-0.15, -0.1) is 0 Å². The number of hydrogen-bond acceptors (Lipinski definition) is 2. The van der Waals surface area contributed by atoms with E-state index < -0.39 is 8.56 Å². The molecule has 0 saturated carbocycles. The van der Waals surface area contributed by atoms with E-state index in [4.69, 9.17) is 4.43 Å². The van der Waals surface area contributed by atoms with Crippen molar-refractivity contribution in [3.63, 3.8) is 0 Å². The zero-order valence-corrected chi connectivity index (χ0v) is 11.1. The Balaban J connectivity index is 2.25. The summed E-state index contributed by atoms with van der Waals surface area (Å²) in [6, 6.07) is 17.3. The summed E-state index contributed by atoms with van der Waals surface area (Å²) in [6.45, 7) is 3.80. The van der Waals surface area contributed by atoms with Crippen LogP contribution in [0.1, 0.15) is 5.56 Å². The molecule has 0 fully saturated rings. The van der Waals surface area contributed by atoms with E-state index in [1.54, 1.807) is 6.55 Å². The van der Waals surface area contributed by atoms with Crippen LogP contribution in [-0.4, -0.2) is 13.4 Å². The molecule has 0 amide bonds. The monoisotopic (exact) mass is 244 g/mol. The Bertz CT molecular complexity index is 495. The van der Waals surface area contributed by atoms with Crippen molar-refractivity contribution in [2.45, 2.75) is 13.5 Å². The topological polar surface area (TPSA) is 29.5 Å². The molecule has 3 heteroatoms.